The van der Waals surface area contributed by atoms with Crippen LogP contribution in [0.3, 0.4) is 0 Å². The Morgan fingerprint density at radius 3 is 2.38 bits per heavy atom. The quantitative estimate of drug-likeness (QED) is 0.532. The molecule has 0 aromatic rings. The molecule has 1 fully saturated rings. The molecule has 13 heavy (non-hydrogen) atoms. The molecule has 1 aliphatic carbocycles. The van der Waals surface area contributed by atoms with Gasteiger partial charge in [-0.15, -0.1) is 0 Å². The molecular weight excluding hydrogens is 160 g/mol. The maximum absolute atomic E-state index is 8.36. The van der Waals surface area contributed by atoms with Gasteiger partial charge in [-0.2, -0.15) is 5.26 Å². The van der Waals surface area contributed by atoms with Crippen molar-refractivity contribution >= 4 is 0 Å². The molecule has 0 spiro atoms. The Bertz CT molecular complexity index is 163. The highest BCUT2D eigenvalue weighted by atomic mass is 14.9. The fraction of sp³-hybridized carbons (Fsp3) is 0.909. The Morgan fingerprint density at radius 1 is 1.23 bits per heavy atom. The van der Waals surface area contributed by atoms with Crippen LogP contribution in [0.2, 0.25) is 0 Å². The zero-order chi connectivity index (χ0) is 9.52. The summed E-state index contributed by atoms with van der Waals surface area (Å²) in [6, 6.07) is 2.12. The third kappa shape index (κ3) is 3.78. The summed E-state index contributed by atoms with van der Waals surface area (Å²) in [4.78, 5) is 0. The van der Waals surface area contributed by atoms with Crippen LogP contribution in [0.4, 0.5) is 0 Å². The Labute approximate surface area is 81.3 Å². The van der Waals surface area contributed by atoms with Gasteiger partial charge in [0.2, 0.25) is 0 Å². The van der Waals surface area contributed by atoms with Crippen LogP contribution < -0.4 is 5.32 Å². The number of nitrogens with zero attached hydrogens (tertiary/aromatic N) is 1. The van der Waals surface area contributed by atoms with Gasteiger partial charge in [-0.05, 0) is 31.2 Å². The lowest BCUT2D eigenvalue weighted by molar-refractivity contribution is 0.265. The summed E-state index contributed by atoms with van der Waals surface area (Å²) < 4.78 is 0. The first-order chi connectivity index (χ1) is 6.36. The monoisotopic (exact) mass is 180 g/mol. The van der Waals surface area contributed by atoms with Crippen LogP contribution in [-0.2, 0) is 0 Å². The third-order valence-corrected chi connectivity index (χ3v) is 3.18. The first-order valence-electron chi connectivity index (χ1n) is 5.44. The Hall–Kier alpha value is -0.550. The van der Waals surface area contributed by atoms with Crippen LogP contribution in [0.5, 0.6) is 0 Å². The lowest BCUT2D eigenvalue weighted by atomic mass is 9.81. The average Bonchev–Trinajstić information content (AvgIpc) is 2.19. The molecule has 0 radical (unpaired) electrons. The molecule has 0 unspecified atom stereocenters. The standard InChI is InChI=1S/C11H20N2/c1-2-10-3-5-11(6-4-10)9-13-8-7-12/h10-11,13H,2-6,8-9H2,1H3. The van der Waals surface area contributed by atoms with Gasteiger partial charge in [0.1, 0.15) is 0 Å². The fourth-order valence-corrected chi connectivity index (χ4v) is 2.18. The van der Waals surface area contributed by atoms with E-state index in [-0.39, 0.29) is 0 Å². The zero-order valence-corrected chi connectivity index (χ0v) is 8.55. The number of nitriles is 1. The van der Waals surface area contributed by atoms with Crippen LogP contribution in [0.1, 0.15) is 39.0 Å². The van der Waals surface area contributed by atoms with Crippen molar-refractivity contribution in [2.24, 2.45) is 11.8 Å². The van der Waals surface area contributed by atoms with Crippen molar-refractivity contribution in [3.63, 3.8) is 0 Å². The van der Waals surface area contributed by atoms with Gasteiger partial charge < -0.3 is 5.32 Å². The molecule has 1 rings (SSSR count). The van der Waals surface area contributed by atoms with Crippen LogP contribution in [0, 0.1) is 23.2 Å². The van der Waals surface area contributed by atoms with E-state index in [1.54, 1.807) is 0 Å². The van der Waals surface area contributed by atoms with Gasteiger partial charge in [-0.1, -0.05) is 26.2 Å². The predicted molar refractivity (Wildman–Crippen MR) is 54.2 cm³/mol. The molecule has 2 heteroatoms. The van der Waals surface area contributed by atoms with Crippen molar-refractivity contribution < 1.29 is 0 Å². The van der Waals surface area contributed by atoms with Crippen LogP contribution in [0.15, 0.2) is 0 Å². The summed E-state index contributed by atoms with van der Waals surface area (Å²) in [6.45, 7) is 3.84. The normalized spacial score (nSPS) is 28.3. The molecule has 74 valence electrons. The molecule has 0 aromatic heterocycles. The molecule has 1 N–H and O–H groups in total. The van der Waals surface area contributed by atoms with Gasteiger partial charge >= 0.3 is 0 Å². The van der Waals surface area contributed by atoms with Crippen molar-refractivity contribution in [2.45, 2.75) is 39.0 Å². The average molecular weight is 180 g/mol. The van der Waals surface area contributed by atoms with E-state index in [1.165, 1.54) is 32.1 Å². The van der Waals surface area contributed by atoms with E-state index >= 15 is 0 Å². The molecule has 1 saturated carbocycles. The minimum Gasteiger partial charge on any atom is -0.304 e. The maximum atomic E-state index is 8.36. The molecule has 0 amide bonds. The summed E-state index contributed by atoms with van der Waals surface area (Å²) in [5.41, 5.74) is 0. The van der Waals surface area contributed by atoms with E-state index in [9.17, 15) is 0 Å². The van der Waals surface area contributed by atoms with Crippen molar-refractivity contribution in [1.29, 1.82) is 5.26 Å². The number of rotatable bonds is 4. The molecule has 0 atom stereocenters. The Morgan fingerprint density at radius 2 is 1.85 bits per heavy atom. The Balaban J connectivity index is 2.07. The van der Waals surface area contributed by atoms with Gasteiger partial charge in [0, 0.05) is 0 Å². The topological polar surface area (TPSA) is 35.8 Å². The van der Waals surface area contributed by atoms with Crippen molar-refractivity contribution in [2.75, 3.05) is 13.1 Å². The van der Waals surface area contributed by atoms with Crippen LogP contribution >= 0.6 is 0 Å². The van der Waals surface area contributed by atoms with E-state index in [0.29, 0.717) is 6.54 Å². The molecule has 0 aliphatic heterocycles. The largest absolute Gasteiger partial charge is 0.304 e. The molecular formula is C11H20N2. The second-order valence-electron chi connectivity index (χ2n) is 4.08. The Kier molecular flexibility index (Phi) is 4.85. The smallest absolute Gasteiger partial charge is 0.0841 e. The summed E-state index contributed by atoms with van der Waals surface area (Å²) in [5.74, 6) is 1.81. The van der Waals surface area contributed by atoms with Gasteiger partial charge in [-0.3, -0.25) is 0 Å². The second kappa shape index (κ2) is 5.99. The fourth-order valence-electron chi connectivity index (χ4n) is 2.18. The first kappa shape index (κ1) is 10.5. The summed E-state index contributed by atoms with van der Waals surface area (Å²) in [6.07, 6.45) is 6.86. The lowest BCUT2D eigenvalue weighted by Crippen LogP contribution is -2.26. The lowest BCUT2D eigenvalue weighted by Gasteiger charge is -2.27. The SMILES string of the molecule is CCC1CCC(CNCC#N)CC1. The van der Waals surface area contributed by atoms with Crippen molar-refractivity contribution in [1.82, 2.24) is 5.32 Å². The molecule has 0 bridgehead atoms. The summed E-state index contributed by atoms with van der Waals surface area (Å²) in [5, 5.41) is 11.5. The highest BCUT2D eigenvalue weighted by Crippen LogP contribution is 2.29. The highest BCUT2D eigenvalue weighted by molar-refractivity contribution is 4.77. The third-order valence-electron chi connectivity index (χ3n) is 3.18. The zero-order valence-electron chi connectivity index (χ0n) is 8.55. The van der Waals surface area contributed by atoms with E-state index in [4.69, 9.17) is 5.26 Å². The van der Waals surface area contributed by atoms with Gasteiger partial charge in [0.25, 0.3) is 0 Å². The molecule has 2 nitrogen and oxygen atoms in total. The van der Waals surface area contributed by atoms with E-state index in [2.05, 4.69) is 18.3 Å². The molecule has 0 saturated heterocycles. The summed E-state index contributed by atoms with van der Waals surface area (Å²) >= 11 is 0. The van der Waals surface area contributed by atoms with E-state index in [1.807, 2.05) is 0 Å². The minimum absolute atomic E-state index is 0.508. The molecule has 0 aromatic carbocycles. The first-order valence-corrected chi connectivity index (χ1v) is 5.44. The minimum atomic E-state index is 0.508. The predicted octanol–water partition coefficient (Wildman–Crippen LogP) is 2.32. The van der Waals surface area contributed by atoms with Crippen molar-refractivity contribution in [3.8, 4) is 6.07 Å². The van der Waals surface area contributed by atoms with E-state index in [0.717, 1.165) is 18.4 Å². The number of nitrogens with one attached hydrogen (secondary N) is 1. The van der Waals surface area contributed by atoms with Gasteiger partial charge in [0.15, 0.2) is 0 Å². The van der Waals surface area contributed by atoms with Gasteiger partial charge in [-0.25, -0.2) is 0 Å². The maximum Gasteiger partial charge on any atom is 0.0841 e. The van der Waals surface area contributed by atoms with Crippen LogP contribution in [-0.4, -0.2) is 13.1 Å². The summed E-state index contributed by atoms with van der Waals surface area (Å²) in [7, 11) is 0. The van der Waals surface area contributed by atoms with E-state index < -0.39 is 0 Å². The van der Waals surface area contributed by atoms with Crippen molar-refractivity contribution in [3.05, 3.63) is 0 Å². The van der Waals surface area contributed by atoms with Gasteiger partial charge in [0.05, 0.1) is 12.6 Å². The number of hydrogen-bond donors (Lipinski definition) is 1. The highest BCUT2D eigenvalue weighted by Gasteiger charge is 2.19. The molecule has 0 heterocycles. The second-order valence-corrected chi connectivity index (χ2v) is 4.08. The van der Waals surface area contributed by atoms with Crippen LogP contribution in [0.25, 0.3) is 0 Å². The molecule has 1 aliphatic rings. The number of hydrogen-bond acceptors (Lipinski definition) is 2.